The van der Waals surface area contributed by atoms with Crippen molar-refractivity contribution in [2.45, 2.75) is 17.7 Å². The molecule has 128 valence electrons. The van der Waals surface area contributed by atoms with E-state index in [1.807, 2.05) is 41.8 Å². The summed E-state index contributed by atoms with van der Waals surface area (Å²) in [5.74, 6) is 1.48. The number of aromatic nitrogens is 2. The van der Waals surface area contributed by atoms with Gasteiger partial charge in [-0.25, -0.2) is 0 Å². The number of hydrogen-bond acceptors (Lipinski definition) is 7. The van der Waals surface area contributed by atoms with Gasteiger partial charge in [-0.2, -0.15) is 0 Å². The van der Waals surface area contributed by atoms with Gasteiger partial charge in [0.25, 0.3) is 11.1 Å². The maximum absolute atomic E-state index is 12.3. The van der Waals surface area contributed by atoms with Crippen LogP contribution in [0.2, 0.25) is 0 Å². The van der Waals surface area contributed by atoms with E-state index in [9.17, 15) is 4.79 Å². The predicted molar refractivity (Wildman–Crippen MR) is 95.8 cm³/mol. The first-order valence-corrected chi connectivity index (χ1v) is 9.67. The first-order valence-electron chi connectivity index (χ1n) is 7.81. The number of amides is 1. The van der Waals surface area contributed by atoms with Crippen molar-refractivity contribution < 1.29 is 13.9 Å². The van der Waals surface area contributed by atoms with Crippen LogP contribution < -0.4 is 10.1 Å². The van der Waals surface area contributed by atoms with Crippen LogP contribution in [0.1, 0.15) is 18.0 Å². The molecule has 25 heavy (non-hydrogen) atoms. The smallest absolute Gasteiger partial charge is 0.277 e. The SMILES string of the molecule is O=C(CSc1nnc(-c2cccs2)o1)NC1CCOc2ccccc21. The minimum atomic E-state index is -0.0671. The number of carbonyl (C=O) groups excluding carboxylic acids is 1. The van der Waals surface area contributed by atoms with Crippen LogP contribution in [0.4, 0.5) is 0 Å². The molecular weight excluding hydrogens is 358 g/mol. The Morgan fingerprint density at radius 3 is 3.08 bits per heavy atom. The molecule has 1 N–H and O–H groups in total. The van der Waals surface area contributed by atoms with Crippen molar-refractivity contribution in [2.75, 3.05) is 12.4 Å². The summed E-state index contributed by atoms with van der Waals surface area (Å²) >= 11 is 2.77. The van der Waals surface area contributed by atoms with Gasteiger partial charge < -0.3 is 14.5 Å². The number of benzene rings is 1. The average Bonchev–Trinajstić information content (AvgIpc) is 3.32. The molecule has 4 rings (SSSR count). The van der Waals surface area contributed by atoms with Crippen molar-refractivity contribution in [3.63, 3.8) is 0 Å². The third-order valence-corrected chi connectivity index (χ3v) is 5.44. The lowest BCUT2D eigenvalue weighted by Crippen LogP contribution is -2.33. The summed E-state index contributed by atoms with van der Waals surface area (Å²) in [5, 5.41) is 13.4. The molecule has 0 saturated heterocycles. The number of nitrogens with one attached hydrogen (secondary N) is 1. The van der Waals surface area contributed by atoms with Gasteiger partial charge in [0.05, 0.1) is 23.3 Å². The molecule has 1 aromatic carbocycles. The molecule has 3 aromatic rings. The van der Waals surface area contributed by atoms with Crippen LogP contribution in [-0.2, 0) is 4.79 Å². The maximum Gasteiger partial charge on any atom is 0.277 e. The molecule has 0 fully saturated rings. The van der Waals surface area contributed by atoms with E-state index >= 15 is 0 Å². The summed E-state index contributed by atoms with van der Waals surface area (Å²) < 4.78 is 11.2. The second-order valence-electron chi connectivity index (χ2n) is 5.43. The van der Waals surface area contributed by atoms with Gasteiger partial charge in [0.15, 0.2) is 0 Å². The number of thiophene rings is 1. The van der Waals surface area contributed by atoms with Gasteiger partial charge in [-0.3, -0.25) is 4.79 Å². The summed E-state index contributed by atoms with van der Waals surface area (Å²) in [4.78, 5) is 13.2. The molecule has 2 aromatic heterocycles. The maximum atomic E-state index is 12.3. The minimum absolute atomic E-state index is 0.0255. The van der Waals surface area contributed by atoms with Crippen LogP contribution in [0.25, 0.3) is 10.8 Å². The van der Waals surface area contributed by atoms with E-state index in [1.165, 1.54) is 23.1 Å². The van der Waals surface area contributed by atoms with Crippen molar-refractivity contribution in [1.29, 1.82) is 0 Å². The fourth-order valence-corrected chi connectivity index (χ4v) is 3.84. The Kier molecular flexibility index (Phi) is 4.71. The van der Waals surface area contributed by atoms with Crippen LogP contribution in [0, 0.1) is 0 Å². The molecule has 1 aliphatic rings. The van der Waals surface area contributed by atoms with Gasteiger partial charge in [0, 0.05) is 12.0 Å². The van der Waals surface area contributed by atoms with E-state index in [0.717, 1.165) is 22.6 Å². The molecule has 6 nitrogen and oxygen atoms in total. The lowest BCUT2D eigenvalue weighted by Gasteiger charge is -2.26. The fourth-order valence-electron chi connectivity index (χ4n) is 2.62. The molecule has 8 heteroatoms. The van der Waals surface area contributed by atoms with Gasteiger partial charge in [-0.1, -0.05) is 36.0 Å². The molecule has 0 aliphatic carbocycles. The average molecular weight is 373 g/mol. The topological polar surface area (TPSA) is 77.2 Å². The molecular formula is C17H15N3O3S2. The highest BCUT2D eigenvalue weighted by Crippen LogP contribution is 2.32. The number of hydrogen-bond donors (Lipinski definition) is 1. The van der Waals surface area contributed by atoms with E-state index in [0.29, 0.717) is 17.7 Å². The summed E-state index contributed by atoms with van der Waals surface area (Å²) in [5.41, 5.74) is 1.02. The lowest BCUT2D eigenvalue weighted by atomic mass is 10.0. The van der Waals surface area contributed by atoms with Gasteiger partial charge in [-0.05, 0) is 17.5 Å². The van der Waals surface area contributed by atoms with Gasteiger partial charge in [-0.15, -0.1) is 21.5 Å². The lowest BCUT2D eigenvalue weighted by molar-refractivity contribution is -0.119. The Labute approximate surface area is 152 Å². The highest BCUT2D eigenvalue weighted by atomic mass is 32.2. The second-order valence-corrected chi connectivity index (χ2v) is 7.31. The predicted octanol–water partition coefficient (Wildman–Crippen LogP) is 3.53. The first-order chi connectivity index (χ1) is 12.3. The van der Waals surface area contributed by atoms with E-state index in [2.05, 4.69) is 15.5 Å². The van der Waals surface area contributed by atoms with E-state index in [-0.39, 0.29) is 17.7 Å². The Morgan fingerprint density at radius 1 is 1.28 bits per heavy atom. The van der Waals surface area contributed by atoms with E-state index in [4.69, 9.17) is 9.15 Å². The fraction of sp³-hybridized carbons (Fsp3) is 0.235. The van der Waals surface area contributed by atoms with Gasteiger partial charge in [0.2, 0.25) is 5.91 Å². The van der Waals surface area contributed by atoms with Gasteiger partial charge in [0.1, 0.15) is 5.75 Å². The Bertz CT molecular complexity index is 864. The zero-order valence-electron chi connectivity index (χ0n) is 13.2. The minimum Gasteiger partial charge on any atom is -0.493 e. The number of carbonyl (C=O) groups is 1. The second kappa shape index (κ2) is 7.28. The summed E-state index contributed by atoms with van der Waals surface area (Å²) in [6.07, 6.45) is 0.760. The third-order valence-electron chi connectivity index (χ3n) is 3.76. The zero-order valence-corrected chi connectivity index (χ0v) is 14.8. The van der Waals surface area contributed by atoms with Gasteiger partial charge >= 0.3 is 0 Å². The molecule has 3 heterocycles. The molecule has 0 saturated carbocycles. The standard InChI is InChI=1S/C17H15N3O3S2/c21-15(18-12-7-8-22-13-5-2-1-4-11(12)13)10-25-17-20-19-16(23-17)14-6-3-9-24-14/h1-6,9,12H,7-8,10H2,(H,18,21). The van der Waals surface area contributed by atoms with Crippen LogP contribution in [0.15, 0.2) is 51.4 Å². The molecule has 1 unspecified atom stereocenters. The summed E-state index contributed by atoms with van der Waals surface area (Å²) in [6, 6.07) is 11.6. The molecule has 1 atom stereocenters. The summed E-state index contributed by atoms with van der Waals surface area (Å²) in [7, 11) is 0. The molecule has 1 amide bonds. The van der Waals surface area contributed by atoms with E-state index < -0.39 is 0 Å². The Balaban J connectivity index is 1.34. The van der Waals surface area contributed by atoms with Crippen molar-refractivity contribution in [1.82, 2.24) is 15.5 Å². The van der Waals surface area contributed by atoms with Crippen molar-refractivity contribution >= 4 is 29.0 Å². The molecule has 1 aliphatic heterocycles. The monoisotopic (exact) mass is 373 g/mol. The van der Waals surface area contributed by atoms with Crippen molar-refractivity contribution in [2.24, 2.45) is 0 Å². The van der Waals surface area contributed by atoms with Crippen LogP contribution in [0.3, 0.4) is 0 Å². The summed E-state index contributed by atoms with van der Waals surface area (Å²) in [6.45, 7) is 0.600. The number of nitrogens with zero attached hydrogens (tertiary/aromatic N) is 2. The zero-order chi connectivity index (χ0) is 17.1. The number of ether oxygens (including phenoxy) is 1. The van der Waals surface area contributed by atoms with Crippen molar-refractivity contribution in [3.8, 4) is 16.5 Å². The number of thioether (sulfide) groups is 1. The quantitative estimate of drug-likeness (QED) is 0.690. The van der Waals surface area contributed by atoms with Crippen LogP contribution in [0.5, 0.6) is 5.75 Å². The number of para-hydroxylation sites is 1. The molecule has 0 spiro atoms. The normalized spacial score (nSPS) is 16.1. The Hall–Kier alpha value is -2.32. The molecule has 0 bridgehead atoms. The van der Waals surface area contributed by atoms with Crippen LogP contribution >= 0.6 is 23.1 Å². The Morgan fingerprint density at radius 2 is 2.20 bits per heavy atom. The highest BCUT2D eigenvalue weighted by molar-refractivity contribution is 7.99. The number of rotatable bonds is 5. The van der Waals surface area contributed by atoms with E-state index in [1.54, 1.807) is 0 Å². The van der Waals surface area contributed by atoms with Crippen LogP contribution in [-0.4, -0.2) is 28.5 Å². The first kappa shape index (κ1) is 16.2. The number of fused-ring (bicyclic) bond motifs is 1. The molecule has 0 radical (unpaired) electrons. The largest absolute Gasteiger partial charge is 0.493 e. The third kappa shape index (κ3) is 3.69. The van der Waals surface area contributed by atoms with Crippen molar-refractivity contribution in [3.05, 3.63) is 47.3 Å². The highest BCUT2D eigenvalue weighted by Gasteiger charge is 2.22.